The Morgan fingerprint density at radius 1 is 1.24 bits per heavy atom. The molecule has 0 spiro atoms. The third-order valence-electron chi connectivity index (χ3n) is 5.21. The Hall–Kier alpha value is -2.01. The lowest BCUT2D eigenvalue weighted by Crippen LogP contribution is -2.17. The molecule has 4 rings (SSSR count). The van der Waals surface area contributed by atoms with Crippen LogP contribution in [0.5, 0.6) is 0 Å². The van der Waals surface area contributed by atoms with E-state index in [0.29, 0.717) is 0 Å². The molecule has 2 aromatic rings. The lowest BCUT2D eigenvalue weighted by Gasteiger charge is -2.20. The summed E-state index contributed by atoms with van der Waals surface area (Å²) in [6.07, 6.45) is 7.51. The first-order valence-corrected chi connectivity index (χ1v) is 9.48. The van der Waals surface area contributed by atoms with Gasteiger partial charge in [0.05, 0.1) is 17.4 Å². The van der Waals surface area contributed by atoms with Crippen molar-refractivity contribution < 1.29 is 0 Å². The molecule has 1 aliphatic heterocycles. The van der Waals surface area contributed by atoms with Crippen LogP contribution in [0.3, 0.4) is 0 Å². The molecule has 1 aliphatic carbocycles. The zero-order valence-corrected chi connectivity index (χ0v) is 15.2. The Kier molecular flexibility index (Phi) is 4.66. The number of aromatic nitrogens is 3. The van der Waals surface area contributed by atoms with Crippen LogP contribution in [0.2, 0.25) is 0 Å². The van der Waals surface area contributed by atoms with Crippen LogP contribution in [0, 0.1) is 12.8 Å². The molecule has 0 aromatic carbocycles. The number of hydrogen-bond donors (Lipinski definition) is 2. The Labute approximate surface area is 149 Å². The summed E-state index contributed by atoms with van der Waals surface area (Å²) < 4.78 is 0. The second-order valence-electron chi connectivity index (χ2n) is 7.38. The van der Waals surface area contributed by atoms with Crippen molar-refractivity contribution in [3.63, 3.8) is 0 Å². The maximum Gasteiger partial charge on any atom is 0.133 e. The number of pyridine rings is 1. The summed E-state index contributed by atoms with van der Waals surface area (Å²) in [6, 6.07) is 4.23. The first kappa shape index (κ1) is 16.5. The van der Waals surface area contributed by atoms with Gasteiger partial charge in [-0.15, -0.1) is 0 Å². The molecular formula is C20H27N5. The third-order valence-corrected chi connectivity index (χ3v) is 5.21. The van der Waals surface area contributed by atoms with Gasteiger partial charge in [0.2, 0.25) is 0 Å². The predicted octanol–water partition coefficient (Wildman–Crippen LogP) is 2.99. The molecule has 5 heteroatoms. The smallest absolute Gasteiger partial charge is 0.133 e. The Balaban J connectivity index is 1.65. The summed E-state index contributed by atoms with van der Waals surface area (Å²) in [5, 5.41) is 7.13. The lowest BCUT2D eigenvalue weighted by molar-refractivity contribution is 0.706. The van der Waals surface area contributed by atoms with Gasteiger partial charge in [-0.2, -0.15) is 0 Å². The van der Waals surface area contributed by atoms with E-state index in [1.54, 1.807) is 0 Å². The number of hydrogen-bond acceptors (Lipinski definition) is 5. The second-order valence-corrected chi connectivity index (χ2v) is 7.38. The van der Waals surface area contributed by atoms with Gasteiger partial charge in [0, 0.05) is 31.1 Å². The maximum atomic E-state index is 4.93. The first-order chi connectivity index (χ1) is 12.2. The van der Waals surface area contributed by atoms with E-state index in [4.69, 9.17) is 9.97 Å². The number of nitrogens with one attached hydrogen (secondary N) is 2. The molecule has 2 aliphatic rings. The van der Waals surface area contributed by atoms with Crippen LogP contribution in [0.1, 0.15) is 54.1 Å². The summed E-state index contributed by atoms with van der Waals surface area (Å²) >= 11 is 0. The fraction of sp³-hybridized carbons (Fsp3) is 0.550. The van der Waals surface area contributed by atoms with E-state index in [9.17, 15) is 0 Å². The Morgan fingerprint density at radius 3 is 2.88 bits per heavy atom. The van der Waals surface area contributed by atoms with E-state index in [1.807, 2.05) is 12.3 Å². The van der Waals surface area contributed by atoms with Crippen LogP contribution in [0.15, 0.2) is 18.3 Å². The van der Waals surface area contributed by atoms with Gasteiger partial charge in [-0.1, -0.05) is 6.07 Å². The van der Waals surface area contributed by atoms with Crippen molar-refractivity contribution in [2.45, 2.75) is 52.0 Å². The molecule has 1 saturated carbocycles. The molecule has 132 valence electrons. The summed E-state index contributed by atoms with van der Waals surface area (Å²) in [5.41, 5.74) is 4.81. The summed E-state index contributed by atoms with van der Waals surface area (Å²) in [7, 11) is 0. The molecule has 3 heterocycles. The maximum absolute atomic E-state index is 4.93. The van der Waals surface area contributed by atoms with Gasteiger partial charge in [0.25, 0.3) is 0 Å². The van der Waals surface area contributed by atoms with Gasteiger partial charge in [-0.3, -0.25) is 4.98 Å². The van der Waals surface area contributed by atoms with Crippen molar-refractivity contribution in [3.8, 4) is 0 Å². The zero-order valence-electron chi connectivity index (χ0n) is 15.2. The fourth-order valence-electron chi connectivity index (χ4n) is 3.61. The third kappa shape index (κ3) is 3.82. The van der Waals surface area contributed by atoms with Gasteiger partial charge in [0.15, 0.2) is 0 Å². The molecule has 0 amide bonds. The normalized spacial score (nSPS) is 18.3. The molecular weight excluding hydrogens is 310 g/mol. The Bertz CT molecular complexity index is 754. The Morgan fingerprint density at radius 2 is 2.08 bits per heavy atom. The van der Waals surface area contributed by atoms with Crippen molar-refractivity contribution in [2.75, 3.05) is 18.4 Å². The number of anilines is 1. The van der Waals surface area contributed by atoms with Crippen molar-refractivity contribution in [3.05, 3.63) is 46.7 Å². The van der Waals surface area contributed by atoms with E-state index in [-0.39, 0.29) is 6.04 Å². The number of nitrogens with zero attached hydrogens (tertiary/aromatic N) is 3. The van der Waals surface area contributed by atoms with E-state index < -0.39 is 0 Å². The molecule has 0 bridgehead atoms. The molecule has 2 aromatic heterocycles. The molecule has 5 nitrogen and oxygen atoms in total. The van der Waals surface area contributed by atoms with Crippen molar-refractivity contribution in [1.29, 1.82) is 0 Å². The van der Waals surface area contributed by atoms with E-state index in [0.717, 1.165) is 55.6 Å². The van der Waals surface area contributed by atoms with Crippen LogP contribution in [-0.4, -0.2) is 28.0 Å². The van der Waals surface area contributed by atoms with Crippen LogP contribution in [0.4, 0.5) is 5.82 Å². The van der Waals surface area contributed by atoms with Crippen molar-refractivity contribution in [2.24, 2.45) is 5.92 Å². The average molecular weight is 337 g/mol. The van der Waals surface area contributed by atoms with Crippen LogP contribution < -0.4 is 10.6 Å². The molecule has 1 atom stereocenters. The molecule has 0 radical (unpaired) electrons. The van der Waals surface area contributed by atoms with Crippen molar-refractivity contribution in [1.82, 2.24) is 20.3 Å². The SMILES string of the molecule is Cc1cccnc1[C@H](C)Nc1nc(CC2CC2)nc2c1CCNCC2. The van der Waals surface area contributed by atoms with Crippen LogP contribution in [0.25, 0.3) is 0 Å². The van der Waals surface area contributed by atoms with Crippen LogP contribution in [-0.2, 0) is 19.3 Å². The van der Waals surface area contributed by atoms with Gasteiger partial charge >= 0.3 is 0 Å². The highest BCUT2D eigenvalue weighted by molar-refractivity contribution is 5.49. The molecule has 25 heavy (non-hydrogen) atoms. The first-order valence-electron chi connectivity index (χ1n) is 9.48. The van der Waals surface area contributed by atoms with Gasteiger partial charge < -0.3 is 10.6 Å². The summed E-state index contributed by atoms with van der Waals surface area (Å²) in [6.45, 7) is 6.27. The zero-order chi connectivity index (χ0) is 17.2. The highest BCUT2D eigenvalue weighted by Crippen LogP contribution is 2.33. The fourth-order valence-corrected chi connectivity index (χ4v) is 3.61. The quantitative estimate of drug-likeness (QED) is 0.878. The van der Waals surface area contributed by atoms with E-state index in [1.165, 1.54) is 29.7 Å². The minimum absolute atomic E-state index is 0.130. The molecule has 0 saturated heterocycles. The van der Waals surface area contributed by atoms with Gasteiger partial charge in [-0.05, 0) is 57.2 Å². The standard InChI is InChI=1S/C20H27N5/c1-13-4-3-9-22-19(13)14(2)23-20-16-7-10-21-11-8-17(16)24-18(25-20)12-15-5-6-15/h3-4,9,14-15,21H,5-8,10-12H2,1-2H3,(H,23,24,25)/t14-/m0/s1. The minimum Gasteiger partial charge on any atom is -0.362 e. The highest BCUT2D eigenvalue weighted by Gasteiger charge is 2.25. The lowest BCUT2D eigenvalue weighted by atomic mass is 10.1. The van der Waals surface area contributed by atoms with Crippen LogP contribution >= 0.6 is 0 Å². The predicted molar refractivity (Wildman–Crippen MR) is 99.7 cm³/mol. The minimum atomic E-state index is 0.130. The number of aryl methyl sites for hydroxylation is 1. The number of rotatable bonds is 5. The topological polar surface area (TPSA) is 62.7 Å². The van der Waals surface area contributed by atoms with Gasteiger partial charge in [-0.25, -0.2) is 9.97 Å². The molecule has 1 fully saturated rings. The second kappa shape index (κ2) is 7.08. The monoisotopic (exact) mass is 337 g/mol. The number of fused-ring (bicyclic) bond motifs is 1. The van der Waals surface area contributed by atoms with E-state index in [2.05, 4.69) is 35.5 Å². The van der Waals surface area contributed by atoms with E-state index >= 15 is 0 Å². The van der Waals surface area contributed by atoms with Crippen molar-refractivity contribution >= 4 is 5.82 Å². The summed E-state index contributed by atoms with van der Waals surface area (Å²) in [5.74, 6) is 2.82. The summed E-state index contributed by atoms with van der Waals surface area (Å²) in [4.78, 5) is 14.4. The average Bonchev–Trinajstić information content (AvgIpc) is 3.42. The highest BCUT2D eigenvalue weighted by atomic mass is 15.1. The molecule has 0 unspecified atom stereocenters. The van der Waals surface area contributed by atoms with Gasteiger partial charge in [0.1, 0.15) is 11.6 Å². The largest absolute Gasteiger partial charge is 0.362 e. The molecule has 2 N–H and O–H groups in total.